The van der Waals surface area contributed by atoms with Crippen molar-refractivity contribution in [2.24, 2.45) is 4.99 Å². The maximum Gasteiger partial charge on any atom is 0.412 e. The van der Waals surface area contributed by atoms with Gasteiger partial charge in [-0.1, -0.05) is 17.7 Å². The van der Waals surface area contributed by atoms with Crippen molar-refractivity contribution < 1.29 is 22.1 Å². The number of anilines is 1. The number of rotatable bonds is 3. The zero-order valence-electron chi connectivity index (χ0n) is 13.2. The number of methoxy groups -OCH3 is 1. The first-order chi connectivity index (χ1) is 12.4. The van der Waals surface area contributed by atoms with Crippen LogP contribution >= 0.6 is 23.5 Å². The summed E-state index contributed by atoms with van der Waals surface area (Å²) >= 11 is 6.84. The molecule has 3 rings (SSSR count). The lowest BCUT2D eigenvalue weighted by Crippen LogP contribution is -2.29. The van der Waals surface area contributed by atoms with Crippen LogP contribution in [0.3, 0.4) is 0 Å². The minimum Gasteiger partial charge on any atom is -0.453 e. The van der Waals surface area contributed by atoms with Gasteiger partial charge in [0.1, 0.15) is 10.6 Å². The van der Waals surface area contributed by atoms with Gasteiger partial charge in [0, 0.05) is 23.0 Å². The van der Waals surface area contributed by atoms with E-state index in [1.165, 1.54) is 37.4 Å². The van der Waals surface area contributed by atoms with Crippen molar-refractivity contribution in [3.63, 3.8) is 0 Å². The molecule has 0 fully saturated rings. The SMILES string of the molecule is COC(=O)NC1=Nc2ccc(S(=O)(=O)Oc3cccc(Cl)c3)cc2NS1. The molecule has 1 amide bonds. The minimum atomic E-state index is -4.05. The number of ether oxygens (including phenoxy) is 1. The summed E-state index contributed by atoms with van der Waals surface area (Å²) < 4.78 is 37.4. The molecule has 0 saturated heterocycles. The zero-order valence-corrected chi connectivity index (χ0v) is 15.6. The third kappa shape index (κ3) is 4.21. The lowest BCUT2D eigenvalue weighted by molar-refractivity contribution is 0.177. The number of benzene rings is 2. The highest BCUT2D eigenvalue weighted by atomic mass is 35.5. The van der Waals surface area contributed by atoms with Gasteiger partial charge in [0.25, 0.3) is 0 Å². The topological polar surface area (TPSA) is 106 Å². The van der Waals surface area contributed by atoms with Gasteiger partial charge in [-0.15, -0.1) is 0 Å². The number of halogens is 1. The van der Waals surface area contributed by atoms with Crippen LogP contribution in [0.15, 0.2) is 52.4 Å². The maximum absolute atomic E-state index is 12.4. The Bertz CT molecular complexity index is 995. The number of aliphatic imine (C=N–C) groups is 1. The van der Waals surface area contributed by atoms with Gasteiger partial charge >= 0.3 is 16.2 Å². The molecule has 2 N–H and O–H groups in total. The Morgan fingerprint density at radius 3 is 2.81 bits per heavy atom. The van der Waals surface area contributed by atoms with Gasteiger partial charge in [-0.05, 0) is 30.3 Å². The molecular formula is C15H12ClN3O5S2. The molecule has 1 heterocycles. The second-order valence-electron chi connectivity index (χ2n) is 4.91. The molecule has 0 bridgehead atoms. The van der Waals surface area contributed by atoms with Crippen LogP contribution in [0.5, 0.6) is 5.75 Å². The molecule has 0 unspecified atom stereocenters. The molecule has 0 aliphatic carbocycles. The van der Waals surface area contributed by atoms with E-state index in [0.717, 1.165) is 11.9 Å². The maximum atomic E-state index is 12.4. The lowest BCUT2D eigenvalue weighted by atomic mass is 10.3. The van der Waals surface area contributed by atoms with Gasteiger partial charge in [-0.25, -0.2) is 9.79 Å². The van der Waals surface area contributed by atoms with Crippen molar-refractivity contribution in [1.29, 1.82) is 0 Å². The predicted molar refractivity (Wildman–Crippen MR) is 99.6 cm³/mol. The summed E-state index contributed by atoms with van der Waals surface area (Å²) in [6.45, 7) is 0. The van der Waals surface area contributed by atoms with E-state index in [1.54, 1.807) is 12.1 Å². The number of carbonyl (C=O) groups excluding carboxylic acids is 1. The Morgan fingerprint density at radius 2 is 2.08 bits per heavy atom. The average molecular weight is 414 g/mol. The van der Waals surface area contributed by atoms with Gasteiger partial charge in [-0.3, -0.25) is 5.32 Å². The molecule has 8 nitrogen and oxygen atoms in total. The predicted octanol–water partition coefficient (Wildman–Crippen LogP) is 3.52. The van der Waals surface area contributed by atoms with Crippen molar-refractivity contribution >= 4 is 56.3 Å². The Labute approximate surface area is 158 Å². The van der Waals surface area contributed by atoms with E-state index in [-0.39, 0.29) is 15.8 Å². The number of fused-ring (bicyclic) bond motifs is 1. The quantitative estimate of drug-likeness (QED) is 0.585. The van der Waals surface area contributed by atoms with Crippen LogP contribution in [0, 0.1) is 0 Å². The molecule has 26 heavy (non-hydrogen) atoms. The van der Waals surface area contributed by atoms with Crippen LogP contribution in [0.25, 0.3) is 0 Å². The fraction of sp³-hybridized carbons (Fsp3) is 0.0667. The molecule has 0 aromatic heterocycles. The van der Waals surface area contributed by atoms with Crippen molar-refractivity contribution in [1.82, 2.24) is 5.32 Å². The van der Waals surface area contributed by atoms with Crippen molar-refractivity contribution in [3.05, 3.63) is 47.5 Å². The third-order valence-electron chi connectivity index (χ3n) is 3.13. The number of nitrogens with one attached hydrogen (secondary N) is 2. The fourth-order valence-corrected chi connectivity index (χ4v) is 3.75. The molecule has 0 spiro atoms. The van der Waals surface area contributed by atoms with E-state index < -0.39 is 16.2 Å². The van der Waals surface area contributed by atoms with Crippen LogP contribution < -0.4 is 14.2 Å². The first kappa shape index (κ1) is 18.4. The summed E-state index contributed by atoms with van der Waals surface area (Å²) in [7, 11) is -2.81. The van der Waals surface area contributed by atoms with E-state index in [0.29, 0.717) is 16.4 Å². The van der Waals surface area contributed by atoms with Gasteiger partial charge in [0.15, 0.2) is 5.17 Å². The summed E-state index contributed by atoms with van der Waals surface area (Å²) in [6.07, 6.45) is -0.657. The molecular weight excluding hydrogens is 402 g/mol. The number of alkyl carbamates (subject to hydrolysis) is 1. The highest BCUT2D eigenvalue weighted by Gasteiger charge is 2.21. The second-order valence-corrected chi connectivity index (χ2v) is 7.69. The molecule has 0 radical (unpaired) electrons. The Hall–Kier alpha value is -2.43. The van der Waals surface area contributed by atoms with Crippen molar-refractivity contribution in [2.45, 2.75) is 4.90 Å². The molecule has 1 aliphatic heterocycles. The molecule has 2 aromatic rings. The molecule has 11 heteroatoms. The fourth-order valence-electron chi connectivity index (χ4n) is 1.97. The Morgan fingerprint density at radius 1 is 1.27 bits per heavy atom. The van der Waals surface area contributed by atoms with Crippen LogP contribution in [-0.4, -0.2) is 26.8 Å². The second kappa shape index (κ2) is 7.44. The van der Waals surface area contributed by atoms with Crippen LogP contribution in [0.1, 0.15) is 0 Å². The van der Waals surface area contributed by atoms with Gasteiger partial charge in [0.2, 0.25) is 0 Å². The van der Waals surface area contributed by atoms with Gasteiger partial charge in [-0.2, -0.15) is 8.42 Å². The van der Waals surface area contributed by atoms with E-state index in [1.807, 2.05) is 0 Å². The number of hydrogen-bond donors (Lipinski definition) is 2. The smallest absolute Gasteiger partial charge is 0.412 e. The van der Waals surface area contributed by atoms with E-state index in [2.05, 4.69) is 19.8 Å². The number of amides is 1. The number of amidine groups is 1. The normalized spacial score (nSPS) is 13.1. The lowest BCUT2D eigenvalue weighted by Gasteiger charge is -2.17. The Kier molecular flexibility index (Phi) is 5.25. The number of carbonyl (C=O) groups is 1. The summed E-state index contributed by atoms with van der Waals surface area (Å²) in [6, 6.07) is 10.3. The molecule has 2 aromatic carbocycles. The zero-order chi connectivity index (χ0) is 18.7. The summed E-state index contributed by atoms with van der Waals surface area (Å²) in [5.41, 5.74) is 0.915. The van der Waals surface area contributed by atoms with Crippen LogP contribution in [-0.2, 0) is 14.9 Å². The number of hydrogen-bond acceptors (Lipinski definition) is 8. The van der Waals surface area contributed by atoms with Crippen LogP contribution in [0.2, 0.25) is 5.02 Å². The number of nitrogens with zero attached hydrogens (tertiary/aromatic N) is 1. The third-order valence-corrected chi connectivity index (χ3v) is 5.32. The monoisotopic (exact) mass is 413 g/mol. The first-order valence-corrected chi connectivity index (χ1v) is 9.68. The summed E-state index contributed by atoms with van der Waals surface area (Å²) in [5.74, 6) is 0.111. The largest absolute Gasteiger partial charge is 0.453 e. The summed E-state index contributed by atoms with van der Waals surface area (Å²) in [5, 5.41) is 3.06. The Balaban J connectivity index is 1.84. The molecule has 0 saturated carbocycles. The van der Waals surface area contributed by atoms with Gasteiger partial charge in [0.05, 0.1) is 18.5 Å². The molecule has 136 valence electrons. The van der Waals surface area contributed by atoms with Crippen molar-refractivity contribution in [3.8, 4) is 5.75 Å². The summed E-state index contributed by atoms with van der Waals surface area (Å²) in [4.78, 5) is 15.4. The minimum absolute atomic E-state index is 0.0519. The highest BCUT2D eigenvalue weighted by Crippen LogP contribution is 2.35. The average Bonchev–Trinajstić information content (AvgIpc) is 2.60. The van der Waals surface area contributed by atoms with E-state index in [9.17, 15) is 13.2 Å². The van der Waals surface area contributed by atoms with Crippen molar-refractivity contribution in [2.75, 3.05) is 11.8 Å². The standard InChI is InChI=1S/C15H12ClN3O5S2/c1-23-15(20)18-14-17-12-6-5-11(8-13(12)19-25-14)26(21,22)24-10-4-2-3-9(16)7-10/h2-8,19H,1H3,(H,17,18,20). The van der Waals surface area contributed by atoms with Crippen LogP contribution in [0.4, 0.5) is 16.2 Å². The first-order valence-electron chi connectivity index (χ1n) is 7.08. The molecule has 0 atom stereocenters. The molecule has 1 aliphatic rings. The van der Waals surface area contributed by atoms with E-state index in [4.69, 9.17) is 15.8 Å². The van der Waals surface area contributed by atoms with Gasteiger partial charge < -0.3 is 13.6 Å². The highest BCUT2D eigenvalue weighted by molar-refractivity contribution is 8.15. The van der Waals surface area contributed by atoms with E-state index >= 15 is 0 Å².